The number of nitrogens with one attached hydrogen (secondary N) is 1. The normalized spacial score (nSPS) is 18.7. The monoisotopic (exact) mass is 277 g/mol. The molecule has 1 aromatic rings. The van der Waals surface area contributed by atoms with Crippen LogP contribution in [0.5, 0.6) is 5.88 Å². The van der Waals surface area contributed by atoms with Gasteiger partial charge in [-0.05, 0) is 38.3 Å². The summed E-state index contributed by atoms with van der Waals surface area (Å²) in [6, 6.07) is 0.307. The van der Waals surface area contributed by atoms with Crippen molar-refractivity contribution in [1.82, 2.24) is 14.1 Å². The molecular formula is C14H19N3OS. The van der Waals surface area contributed by atoms with E-state index in [-0.39, 0.29) is 0 Å². The van der Waals surface area contributed by atoms with Crippen molar-refractivity contribution in [3.8, 4) is 18.2 Å². The van der Waals surface area contributed by atoms with Crippen molar-refractivity contribution in [2.75, 3.05) is 13.2 Å². The van der Waals surface area contributed by atoms with Crippen molar-refractivity contribution in [2.24, 2.45) is 0 Å². The molecule has 19 heavy (non-hydrogen) atoms. The highest BCUT2D eigenvalue weighted by atomic mass is 32.1. The van der Waals surface area contributed by atoms with Crippen LogP contribution in [0.25, 0.3) is 5.57 Å². The number of terminal acetylenes is 1. The van der Waals surface area contributed by atoms with Gasteiger partial charge in [0.05, 0.1) is 18.3 Å². The molecular weight excluding hydrogens is 258 g/mol. The zero-order chi connectivity index (χ0) is 13.5. The van der Waals surface area contributed by atoms with Gasteiger partial charge in [-0.3, -0.25) is 0 Å². The van der Waals surface area contributed by atoms with Crippen LogP contribution < -0.4 is 10.1 Å². The molecule has 0 saturated carbocycles. The first-order valence-corrected chi connectivity index (χ1v) is 7.38. The van der Waals surface area contributed by atoms with Crippen LogP contribution in [0.2, 0.25) is 0 Å². The topological polar surface area (TPSA) is 47.0 Å². The zero-order valence-corrected chi connectivity index (χ0v) is 12.0. The van der Waals surface area contributed by atoms with E-state index in [4.69, 9.17) is 11.2 Å². The molecule has 1 aromatic heterocycles. The van der Waals surface area contributed by atoms with Gasteiger partial charge in [-0.2, -0.15) is 4.37 Å². The molecule has 0 fully saturated rings. The highest BCUT2D eigenvalue weighted by Crippen LogP contribution is 2.28. The quantitative estimate of drug-likeness (QED) is 0.641. The summed E-state index contributed by atoms with van der Waals surface area (Å²) in [5.74, 6) is 3.29. The first-order valence-electron chi connectivity index (χ1n) is 6.65. The van der Waals surface area contributed by atoms with Crippen LogP contribution in [0.1, 0.15) is 38.3 Å². The molecule has 4 nitrogen and oxygen atoms in total. The number of rotatable bonds is 6. The molecule has 2 rings (SSSR count). The Kier molecular flexibility index (Phi) is 5.37. The third kappa shape index (κ3) is 3.79. The standard InChI is InChI=1S/C14H19N3OS/c1-3-4-5-6-10-18-14-13(16-19-17-14)12-8-7-9-15-11(12)2/h1,8,11,15H,4-7,9-10H2,2H3. The van der Waals surface area contributed by atoms with Crippen molar-refractivity contribution in [1.29, 1.82) is 0 Å². The molecule has 0 radical (unpaired) electrons. The van der Waals surface area contributed by atoms with Crippen molar-refractivity contribution in [2.45, 2.75) is 38.6 Å². The van der Waals surface area contributed by atoms with E-state index in [9.17, 15) is 0 Å². The van der Waals surface area contributed by atoms with Gasteiger partial charge in [0.1, 0.15) is 5.69 Å². The largest absolute Gasteiger partial charge is 0.475 e. The minimum atomic E-state index is 0.307. The van der Waals surface area contributed by atoms with Crippen LogP contribution in [0.4, 0.5) is 0 Å². The second kappa shape index (κ2) is 7.27. The summed E-state index contributed by atoms with van der Waals surface area (Å²) in [7, 11) is 0. The summed E-state index contributed by atoms with van der Waals surface area (Å²) in [5.41, 5.74) is 2.08. The summed E-state index contributed by atoms with van der Waals surface area (Å²) < 4.78 is 14.3. The van der Waals surface area contributed by atoms with E-state index in [1.54, 1.807) is 0 Å². The molecule has 0 bridgehead atoms. The number of hydrogen-bond acceptors (Lipinski definition) is 5. The minimum Gasteiger partial charge on any atom is -0.475 e. The Hall–Kier alpha value is -1.38. The van der Waals surface area contributed by atoms with Crippen LogP contribution in [0.15, 0.2) is 6.08 Å². The molecule has 102 valence electrons. The summed E-state index contributed by atoms with van der Waals surface area (Å²) in [4.78, 5) is 0. The molecule has 5 heteroatoms. The van der Waals surface area contributed by atoms with Gasteiger partial charge in [0.15, 0.2) is 0 Å². The predicted octanol–water partition coefficient (Wildman–Crippen LogP) is 2.49. The van der Waals surface area contributed by atoms with Gasteiger partial charge in [0.25, 0.3) is 5.88 Å². The summed E-state index contributed by atoms with van der Waals surface area (Å²) in [6.07, 6.45) is 11.2. The van der Waals surface area contributed by atoms with Gasteiger partial charge in [0, 0.05) is 12.5 Å². The van der Waals surface area contributed by atoms with Crippen molar-refractivity contribution in [3.05, 3.63) is 11.8 Å². The lowest BCUT2D eigenvalue weighted by Crippen LogP contribution is -2.31. The molecule has 1 unspecified atom stereocenters. The molecule has 0 saturated heterocycles. The minimum absolute atomic E-state index is 0.307. The maximum Gasteiger partial charge on any atom is 0.253 e. The fourth-order valence-corrected chi connectivity index (χ4v) is 2.58. The van der Waals surface area contributed by atoms with Gasteiger partial charge >= 0.3 is 0 Å². The lowest BCUT2D eigenvalue weighted by molar-refractivity contribution is 0.297. The van der Waals surface area contributed by atoms with E-state index < -0.39 is 0 Å². The number of ether oxygens (including phenoxy) is 1. The van der Waals surface area contributed by atoms with Gasteiger partial charge in [-0.15, -0.1) is 16.7 Å². The molecule has 1 aliphatic heterocycles. The summed E-state index contributed by atoms with van der Waals surface area (Å²) in [5, 5.41) is 3.42. The Balaban J connectivity index is 1.94. The fraction of sp³-hybridized carbons (Fsp3) is 0.571. The van der Waals surface area contributed by atoms with Gasteiger partial charge in [-0.25, -0.2) is 0 Å². The lowest BCUT2D eigenvalue weighted by atomic mass is 10.0. The molecule has 1 N–H and O–H groups in total. The Morgan fingerprint density at radius 3 is 3.21 bits per heavy atom. The van der Waals surface area contributed by atoms with E-state index in [1.807, 2.05) is 0 Å². The molecule has 0 amide bonds. The summed E-state index contributed by atoms with van der Waals surface area (Å²) in [6.45, 7) is 3.81. The second-order valence-electron chi connectivity index (χ2n) is 4.55. The predicted molar refractivity (Wildman–Crippen MR) is 78.1 cm³/mol. The number of aromatic nitrogens is 2. The maximum atomic E-state index is 5.72. The third-order valence-electron chi connectivity index (χ3n) is 3.11. The molecule has 1 atom stereocenters. The van der Waals surface area contributed by atoms with Gasteiger partial charge in [-0.1, -0.05) is 6.08 Å². The highest BCUT2D eigenvalue weighted by Gasteiger charge is 2.21. The first kappa shape index (κ1) is 14.0. The SMILES string of the molecule is C#CCCCCOc1nsnc1C1=CCCNC1C. The second-order valence-corrected chi connectivity index (χ2v) is 5.08. The number of nitrogens with zero attached hydrogens (tertiary/aromatic N) is 2. The lowest BCUT2D eigenvalue weighted by Gasteiger charge is -2.21. The molecule has 0 spiro atoms. The molecule has 0 aromatic carbocycles. The van der Waals surface area contributed by atoms with Gasteiger partial charge < -0.3 is 10.1 Å². The van der Waals surface area contributed by atoms with E-state index in [0.717, 1.165) is 37.9 Å². The van der Waals surface area contributed by atoms with E-state index in [0.29, 0.717) is 18.5 Å². The highest BCUT2D eigenvalue weighted by molar-refractivity contribution is 6.99. The number of hydrogen-bond donors (Lipinski definition) is 1. The van der Waals surface area contributed by atoms with E-state index in [2.05, 4.69) is 33.0 Å². The summed E-state index contributed by atoms with van der Waals surface area (Å²) >= 11 is 1.20. The van der Waals surface area contributed by atoms with Crippen LogP contribution in [0.3, 0.4) is 0 Å². The van der Waals surface area contributed by atoms with Crippen LogP contribution in [-0.2, 0) is 0 Å². The maximum absolute atomic E-state index is 5.72. The van der Waals surface area contributed by atoms with Crippen molar-refractivity contribution in [3.63, 3.8) is 0 Å². The molecule has 0 aliphatic carbocycles. The fourth-order valence-electron chi connectivity index (χ4n) is 2.07. The van der Waals surface area contributed by atoms with Crippen LogP contribution in [-0.4, -0.2) is 27.9 Å². The first-order chi connectivity index (χ1) is 9.33. The zero-order valence-electron chi connectivity index (χ0n) is 11.2. The van der Waals surface area contributed by atoms with E-state index in [1.165, 1.54) is 17.3 Å². The average Bonchev–Trinajstić information content (AvgIpc) is 2.87. The smallest absolute Gasteiger partial charge is 0.253 e. The Labute approximate surface area is 118 Å². The Bertz CT molecular complexity index is 475. The van der Waals surface area contributed by atoms with Gasteiger partial charge in [0.2, 0.25) is 0 Å². The van der Waals surface area contributed by atoms with Crippen molar-refractivity contribution >= 4 is 17.3 Å². The average molecular weight is 277 g/mol. The Morgan fingerprint density at radius 1 is 1.53 bits per heavy atom. The van der Waals surface area contributed by atoms with Crippen LogP contribution in [0, 0.1) is 12.3 Å². The molecule has 1 aliphatic rings. The molecule has 2 heterocycles. The number of unbranched alkanes of at least 4 members (excludes halogenated alkanes) is 2. The van der Waals surface area contributed by atoms with E-state index >= 15 is 0 Å². The Morgan fingerprint density at radius 2 is 2.42 bits per heavy atom. The third-order valence-corrected chi connectivity index (χ3v) is 3.62. The van der Waals surface area contributed by atoms with Crippen molar-refractivity contribution < 1.29 is 4.74 Å². The van der Waals surface area contributed by atoms with Crippen LogP contribution >= 0.6 is 11.7 Å².